The van der Waals surface area contributed by atoms with E-state index in [0.29, 0.717) is 5.92 Å². The number of hydrogen-bond acceptors (Lipinski definition) is 2. The number of carbonyl (C=O) groups excluding carboxylic acids is 1. The van der Waals surface area contributed by atoms with Gasteiger partial charge in [-0.2, -0.15) is 0 Å². The molecule has 0 saturated carbocycles. The van der Waals surface area contributed by atoms with Crippen LogP contribution in [-0.2, 0) is 6.42 Å². The van der Waals surface area contributed by atoms with Gasteiger partial charge < -0.3 is 4.90 Å². The third-order valence-electron chi connectivity index (χ3n) is 3.63. The number of nitrogens with zero attached hydrogens (tertiary/aromatic N) is 1. The molecule has 0 N–H and O–H groups in total. The van der Waals surface area contributed by atoms with Crippen LogP contribution in [-0.4, -0.2) is 30.8 Å². The summed E-state index contributed by atoms with van der Waals surface area (Å²) in [5.41, 5.74) is 2.13. The molecule has 1 atom stereocenters. The van der Waals surface area contributed by atoms with Crippen LogP contribution in [0.2, 0.25) is 0 Å². The van der Waals surface area contributed by atoms with Crippen molar-refractivity contribution in [3.05, 3.63) is 35.4 Å². The van der Waals surface area contributed by atoms with Crippen LogP contribution in [0.15, 0.2) is 24.3 Å². The molecule has 1 saturated heterocycles. The summed E-state index contributed by atoms with van der Waals surface area (Å²) in [6.45, 7) is 4.03. The molecular weight excluding hydrogens is 210 g/mol. The number of carbonyl (C=O) groups is 1. The molecular formula is C15H21NO. The standard InChI is InChI=1S/C15H21NO/c1-12(17)15-8-4-3-7-14(15)10-13-6-5-9-16(2)11-13/h3-4,7-8,13H,5-6,9-11H2,1-2H3. The average molecular weight is 231 g/mol. The van der Waals surface area contributed by atoms with Gasteiger partial charge >= 0.3 is 0 Å². The Kier molecular flexibility index (Phi) is 3.95. The van der Waals surface area contributed by atoms with Gasteiger partial charge in [-0.15, -0.1) is 0 Å². The highest BCUT2D eigenvalue weighted by Crippen LogP contribution is 2.22. The lowest BCUT2D eigenvalue weighted by Gasteiger charge is -2.30. The van der Waals surface area contributed by atoms with Crippen molar-refractivity contribution in [3.63, 3.8) is 0 Å². The Morgan fingerprint density at radius 3 is 2.88 bits per heavy atom. The van der Waals surface area contributed by atoms with E-state index in [-0.39, 0.29) is 5.78 Å². The van der Waals surface area contributed by atoms with E-state index in [2.05, 4.69) is 18.0 Å². The molecule has 17 heavy (non-hydrogen) atoms. The SMILES string of the molecule is CC(=O)c1ccccc1CC1CCCN(C)C1. The minimum absolute atomic E-state index is 0.185. The van der Waals surface area contributed by atoms with E-state index in [1.807, 2.05) is 18.2 Å². The molecule has 0 spiro atoms. The largest absolute Gasteiger partial charge is 0.306 e. The molecule has 0 aromatic heterocycles. The molecule has 2 heteroatoms. The highest BCUT2D eigenvalue weighted by atomic mass is 16.1. The van der Waals surface area contributed by atoms with Crippen molar-refractivity contribution >= 4 is 5.78 Å². The fraction of sp³-hybridized carbons (Fsp3) is 0.533. The van der Waals surface area contributed by atoms with E-state index in [0.717, 1.165) is 18.5 Å². The number of likely N-dealkylation sites (tertiary alicyclic amines) is 1. The summed E-state index contributed by atoms with van der Waals surface area (Å²) < 4.78 is 0. The first-order valence-corrected chi connectivity index (χ1v) is 6.44. The van der Waals surface area contributed by atoms with E-state index < -0.39 is 0 Å². The lowest BCUT2D eigenvalue weighted by molar-refractivity contribution is 0.101. The van der Waals surface area contributed by atoms with E-state index in [4.69, 9.17) is 0 Å². The zero-order valence-electron chi connectivity index (χ0n) is 10.8. The highest BCUT2D eigenvalue weighted by molar-refractivity contribution is 5.95. The van der Waals surface area contributed by atoms with E-state index >= 15 is 0 Å². The van der Waals surface area contributed by atoms with Crippen molar-refractivity contribution in [1.29, 1.82) is 0 Å². The summed E-state index contributed by atoms with van der Waals surface area (Å²) in [5, 5.41) is 0. The van der Waals surface area contributed by atoms with Gasteiger partial charge in [0.15, 0.2) is 5.78 Å². The van der Waals surface area contributed by atoms with Gasteiger partial charge in [-0.05, 0) is 51.3 Å². The number of hydrogen-bond donors (Lipinski definition) is 0. The zero-order chi connectivity index (χ0) is 12.3. The number of ketones is 1. The molecule has 0 bridgehead atoms. The van der Waals surface area contributed by atoms with Gasteiger partial charge in [0.2, 0.25) is 0 Å². The number of Topliss-reactive ketones (excluding diaryl/α,β-unsaturated/α-hetero) is 1. The van der Waals surface area contributed by atoms with Gasteiger partial charge in [0, 0.05) is 12.1 Å². The molecule has 0 amide bonds. The van der Waals surface area contributed by atoms with Gasteiger partial charge in [0.1, 0.15) is 0 Å². The molecule has 1 aliphatic rings. The Morgan fingerprint density at radius 2 is 2.18 bits per heavy atom. The first kappa shape index (κ1) is 12.3. The summed E-state index contributed by atoms with van der Waals surface area (Å²) in [4.78, 5) is 14.0. The normalized spacial score (nSPS) is 21.4. The monoisotopic (exact) mass is 231 g/mol. The first-order valence-electron chi connectivity index (χ1n) is 6.44. The van der Waals surface area contributed by atoms with Gasteiger partial charge in [-0.25, -0.2) is 0 Å². The second kappa shape index (κ2) is 5.46. The first-order chi connectivity index (χ1) is 8.16. The maximum absolute atomic E-state index is 11.6. The van der Waals surface area contributed by atoms with Crippen LogP contribution in [0.4, 0.5) is 0 Å². The number of benzene rings is 1. The van der Waals surface area contributed by atoms with Gasteiger partial charge in [0.05, 0.1) is 0 Å². The summed E-state index contributed by atoms with van der Waals surface area (Å²) in [7, 11) is 2.18. The van der Waals surface area contributed by atoms with E-state index in [9.17, 15) is 4.79 Å². The van der Waals surface area contributed by atoms with Crippen molar-refractivity contribution in [2.75, 3.05) is 20.1 Å². The van der Waals surface area contributed by atoms with Crippen molar-refractivity contribution in [3.8, 4) is 0 Å². The van der Waals surface area contributed by atoms with E-state index in [1.54, 1.807) is 6.92 Å². The van der Waals surface area contributed by atoms with Crippen molar-refractivity contribution in [2.45, 2.75) is 26.2 Å². The maximum atomic E-state index is 11.6. The third kappa shape index (κ3) is 3.16. The van der Waals surface area contributed by atoms with Crippen molar-refractivity contribution < 1.29 is 4.79 Å². The second-order valence-electron chi connectivity index (χ2n) is 5.19. The predicted octanol–water partition coefficient (Wildman–Crippen LogP) is 2.77. The van der Waals surface area contributed by atoms with Gasteiger partial charge in [-0.3, -0.25) is 4.79 Å². The van der Waals surface area contributed by atoms with E-state index in [1.165, 1.54) is 24.9 Å². The van der Waals surface area contributed by atoms with Crippen LogP contribution >= 0.6 is 0 Å². The molecule has 92 valence electrons. The predicted molar refractivity (Wildman–Crippen MR) is 70.4 cm³/mol. The quantitative estimate of drug-likeness (QED) is 0.746. The molecule has 2 nitrogen and oxygen atoms in total. The maximum Gasteiger partial charge on any atom is 0.160 e. The minimum Gasteiger partial charge on any atom is -0.306 e. The number of rotatable bonds is 3. The molecule has 0 radical (unpaired) electrons. The van der Waals surface area contributed by atoms with Crippen molar-refractivity contribution in [1.82, 2.24) is 4.90 Å². The Hall–Kier alpha value is -1.15. The van der Waals surface area contributed by atoms with Crippen LogP contribution in [0.3, 0.4) is 0 Å². The molecule has 0 aliphatic carbocycles. The lowest BCUT2D eigenvalue weighted by atomic mass is 9.89. The Labute approximate surface area is 104 Å². The lowest BCUT2D eigenvalue weighted by Crippen LogP contribution is -2.33. The molecule has 1 aliphatic heterocycles. The summed E-state index contributed by atoms with van der Waals surface area (Å²) in [6.07, 6.45) is 3.61. The van der Waals surface area contributed by atoms with Crippen LogP contribution in [0.1, 0.15) is 35.7 Å². The molecule has 1 aromatic rings. The van der Waals surface area contributed by atoms with Crippen LogP contribution in [0.25, 0.3) is 0 Å². The minimum atomic E-state index is 0.185. The summed E-state index contributed by atoms with van der Waals surface area (Å²) in [5.74, 6) is 0.888. The molecule has 1 heterocycles. The Morgan fingerprint density at radius 1 is 1.41 bits per heavy atom. The fourth-order valence-electron chi connectivity index (χ4n) is 2.79. The summed E-state index contributed by atoms with van der Waals surface area (Å²) >= 11 is 0. The average Bonchev–Trinajstić information content (AvgIpc) is 2.29. The van der Waals surface area contributed by atoms with Crippen LogP contribution in [0.5, 0.6) is 0 Å². The van der Waals surface area contributed by atoms with Gasteiger partial charge in [-0.1, -0.05) is 24.3 Å². The molecule has 1 fully saturated rings. The number of piperidine rings is 1. The zero-order valence-corrected chi connectivity index (χ0v) is 10.8. The van der Waals surface area contributed by atoms with Crippen LogP contribution < -0.4 is 0 Å². The fourth-order valence-corrected chi connectivity index (χ4v) is 2.79. The molecule has 1 unspecified atom stereocenters. The second-order valence-corrected chi connectivity index (χ2v) is 5.19. The topological polar surface area (TPSA) is 20.3 Å². The Balaban J connectivity index is 2.10. The van der Waals surface area contributed by atoms with Gasteiger partial charge in [0.25, 0.3) is 0 Å². The van der Waals surface area contributed by atoms with Crippen LogP contribution in [0, 0.1) is 5.92 Å². The Bertz CT molecular complexity index is 400. The third-order valence-corrected chi connectivity index (χ3v) is 3.63. The highest BCUT2D eigenvalue weighted by Gasteiger charge is 2.19. The van der Waals surface area contributed by atoms with Crippen molar-refractivity contribution in [2.24, 2.45) is 5.92 Å². The summed E-state index contributed by atoms with van der Waals surface area (Å²) in [6, 6.07) is 8.04. The molecule has 2 rings (SSSR count). The molecule has 1 aromatic carbocycles. The smallest absolute Gasteiger partial charge is 0.160 e.